The lowest BCUT2D eigenvalue weighted by Gasteiger charge is -2.38. The maximum Gasteiger partial charge on any atom is 0.431 e. The predicted molar refractivity (Wildman–Crippen MR) is 98.3 cm³/mol. The third-order valence-electron chi connectivity index (χ3n) is 4.42. The summed E-state index contributed by atoms with van der Waals surface area (Å²) in [4.78, 5) is 17.2. The summed E-state index contributed by atoms with van der Waals surface area (Å²) in [6.07, 6.45) is -0.549. The highest BCUT2D eigenvalue weighted by Crippen LogP contribution is 2.37. The molecule has 8 heteroatoms. The molecule has 6 nitrogen and oxygen atoms in total. The quantitative estimate of drug-likeness (QED) is 0.783. The number of nitrogens with one attached hydrogen (secondary N) is 2. The fraction of sp³-hybridized carbons (Fsp3) is 0.562. The van der Waals surface area contributed by atoms with Gasteiger partial charge in [0.15, 0.2) is 8.32 Å². The Morgan fingerprint density at radius 1 is 1.33 bits per heavy atom. The van der Waals surface area contributed by atoms with E-state index in [0.29, 0.717) is 23.8 Å². The largest absolute Gasteiger partial charge is 0.431 e. The van der Waals surface area contributed by atoms with E-state index in [9.17, 15) is 4.79 Å². The molecule has 24 heavy (non-hydrogen) atoms. The Morgan fingerprint density at radius 2 is 1.96 bits per heavy atom. The number of halogens is 1. The highest BCUT2D eigenvalue weighted by atomic mass is 35.5. The first kappa shape index (κ1) is 19.2. The number of hydrazine groups is 1. The smallest absolute Gasteiger partial charge is 0.411 e. The van der Waals surface area contributed by atoms with E-state index in [1.807, 2.05) is 0 Å². The molecule has 1 heterocycles. The van der Waals surface area contributed by atoms with Crippen LogP contribution < -0.4 is 10.7 Å². The molecule has 134 valence electrons. The molecule has 0 aromatic heterocycles. The minimum absolute atomic E-state index is 0.00854. The average Bonchev–Trinajstić information content (AvgIpc) is 2.86. The average molecular weight is 372 g/mol. The van der Waals surface area contributed by atoms with Gasteiger partial charge in [0.1, 0.15) is 0 Å². The van der Waals surface area contributed by atoms with Gasteiger partial charge in [-0.05, 0) is 42.4 Å². The van der Waals surface area contributed by atoms with Gasteiger partial charge in [-0.15, -0.1) is 0 Å². The van der Waals surface area contributed by atoms with Crippen LogP contribution in [0, 0.1) is 0 Å². The predicted octanol–water partition coefficient (Wildman–Crippen LogP) is 4.01. The van der Waals surface area contributed by atoms with Crippen LogP contribution in [0.5, 0.6) is 0 Å². The zero-order chi connectivity index (χ0) is 18.0. The molecule has 0 bridgehead atoms. The van der Waals surface area contributed by atoms with Crippen molar-refractivity contribution in [2.24, 2.45) is 0 Å². The summed E-state index contributed by atoms with van der Waals surface area (Å²) in [5, 5.41) is 4.83. The number of anilines is 1. The van der Waals surface area contributed by atoms with Crippen molar-refractivity contribution in [3.8, 4) is 0 Å². The number of carbonyl (C=O) groups excluding carboxylic acids is 1. The Morgan fingerprint density at radius 3 is 2.54 bits per heavy atom. The van der Waals surface area contributed by atoms with Gasteiger partial charge in [-0.2, -0.15) is 0 Å². The third-order valence-corrected chi connectivity index (χ3v) is 9.20. The van der Waals surface area contributed by atoms with Gasteiger partial charge in [0, 0.05) is 17.3 Å². The molecule has 0 radical (unpaired) electrons. The van der Waals surface area contributed by atoms with E-state index in [4.69, 9.17) is 20.9 Å². The van der Waals surface area contributed by atoms with Crippen LogP contribution in [0.1, 0.15) is 20.8 Å². The number of hydrogen-bond acceptors (Lipinski definition) is 5. The SMILES string of the molecule is CC(C)(C)[Si](C)(C)OC1CNN(OC(=O)Nc2ccc(Cl)cc2)C1. The molecular weight excluding hydrogens is 346 g/mol. The Kier molecular flexibility index (Phi) is 5.93. The fourth-order valence-corrected chi connectivity index (χ4v) is 3.50. The van der Waals surface area contributed by atoms with Gasteiger partial charge in [0.25, 0.3) is 0 Å². The first-order chi connectivity index (χ1) is 11.1. The third kappa shape index (κ3) is 5.19. The lowest BCUT2D eigenvalue weighted by atomic mass is 10.2. The second kappa shape index (κ2) is 7.41. The second-order valence-corrected chi connectivity index (χ2v) is 12.6. The molecule has 2 N–H and O–H groups in total. The lowest BCUT2D eigenvalue weighted by molar-refractivity contribution is -0.116. The van der Waals surface area contributed by atoms with Gasteiger partial charge >= 0.3 is 6.09 Å². The number of nitrogens with zero attached hydrogens (tertiary/aromatic N) is 1. The Balaban J connectivity index is 1.81. The second-order valence-electron chi connectivity index (χ2n) is 7.43. The summed E-state index contributed by atoms with van der Waals surface area (Å²) >= 11 is 5.81. The van der Waals surface area contributed by atoms with E-state index in [0.717, 1.165) is 0 Å². The van der Waals surface area contributed by atoms with Gasteiger partial charge in [0.05, 0.1) is 12.6 Å². The molecule has 1 saturated heterocycles. The molecule has 1 aromatic carbocycles. The van der Waals surface area contributed by atoms with Crippen molar-refractivity contribution in [2.75, 3.05) is 18.4 Å². The van der Waals surface area contributed by atoms with E-state index in [1.54, 1.807) is 24.3 Å². The van der Waals surface area contributed by atoms with Crippen molar-refractivity contribution >= 4 is 31.7 Å². The van der Waals surface area contributed by atoms with E-state index in [-0.39, 0.29) is 11.1 Å². The monoisotopic (exact) mass is 371 g/mol. The van der Waals surface area contributed by atoms with Crippen LogP contribution in [0.3, 0.4) is 0 Å². The summed E-state index contributed by atoms with van der Waals surface area (Å²) in [5.41, 5.74) is 3.66. The number of benzene rings is 1. The molecule has 1 aromatic rings. The summed E-state index contributed by atoms with van der Waals surface area (Å²) in [6.45, 7) is 12.2. The molecule has 1 amide bonds. The lowest BCUT2D eigenvalue weighted by Crippen LogP contribution is -2.45. The molecule has 0 saturated carbocycles. The number of hydroxylamine groups is 1. The molecule has 0 aliphatic carbocycles. The van der Waals surface area contributed by atoms with E-state index in [2.05, 4.69) is 44.6 Å². The minimum atomic E-state index is -1.84. The standard InChI is InChI=1S/C16H26ClN3O3Si/c1-16(2,3)24(4,5)23-14-10-18-20(11-14)22-15(21)19-13-8-6-12(17)7-9-13/h6-9,14,18H,10-11H2,1-5H3,(H,19,21). The first-order valence-electron chi connectivity index (χ1n) is 8.00. The van der Waals surface area contributed by atoms with Crippen molar-refractivity contribution in [1.82, 2.24) is 10.6 Å². The maximum absolute atomic E-state index is 11.9. The van der Waals surface area contributed by atoms with Gasteiger partial charge < -0.3 is 9.26 Å². The fourth-order valence-electron chi connectivity index (χ4n) is 2.03. The van der Waals surface area contributed by atoms with Crippen molar-refractivity contribution in [3.63, 3.8) is 0 Å². The highest BCUT2D eigenvalue weighted by molar-refractivity contribution is 6.74. The molecule has 1 fully saturated rings. The molecule has 0 spiro atoms. The van der Waals surface area contributed by atoms with E-state index < -0.39 is 14.4 Å². The van der Waals surface area contributed by atoms with Crippen molar-refractivity contribution in [1.29, 1.82) is 0 Å². The van der Waals surface area contributed by atoms with Crippen molar-refractivity contribution in [3.05, 3.63) is 29.3 Å². The Bertz CT molecular complexity index is 575. The minimum Gasteiger partial charge on any atom is -0.411 e. The molecule has 1 aliphatic heterocycles. The van der Waals surface area contributed by atoms with E-state index >= 15 is 0 Å². The van der Waals surface area contributed by atoms with Crippen LogP contribution in [0.2, 0.25) is 23.2 Å². The summed E-state index contributed by atoms with van der Waals surface area (Å²) in [5.74, 6) is 0. The van der Waals surface area contributed by atoms with Gasteiger partial charge in [-0.25, -0.2) is 10.2 Å². The number of carbonyl (C=O) groups is 1. The van der Waals surface area contributed by atoms with Crippen LogP contribution in [-0.2, 0) is 9.26 Å². The zero-order valence-corrected chi connectivity index (χ0v) is 16.6. The molecule has 1 unspecified atom stereocenters. The normalized spacial score (nSPS) is 19.3. The van der Waals surface area contributed by atoms with Crippen LogP contribution in [0.25, 0.3) is 0 Å². The van der Waals surface area contributed by atoms with Gasteiger partial charge in [0.2, 0.25) is 0 Å². The molecule has 2 rings (SSSR count). The van der Waals surface area contributed by atoms with E-state index in [1.165, 1.54) is 5.17 Å². The Labute approximate surface area is 149 Å². The van der Waals surface area contributed by atoms with Crippen LogP contribution in [-0.4, -0.2) is 38.8 Å². The van der Waals surface area contributed by atoms with Crippen molar-refractivity contribution < 1.29 is 14.1 Å². The highest BCUT2D eigenvalue weighted by Gasteiger charge is 2.41. The first-order valence-corrected chi connectivity index (χ1v) is 11.3. The summed E-state index contributed by atoms with van der Waals surface area (Å²) < 4.78 is 6.31. The van der Waals surface area contributed by atoms with Gasteiger partial charge in [-0.3, -0.25) is 5.32 Å². The van der Waals surface area contributed by atoms with Crippen LogP contribution in [0.15, 0.2) is 24.3 Å². The van der Waals surface area contributed by atoms with Crippen LogP contribution in [0.4, 0.5) is 10.5 Å². The molecular formula is C16H26ClN3O3Si. The summed E-state index contributed by atoms with van der Waals surface area (Å²) in [6, 6.07) is 6.83. The molecule has 1 aliphatic rings. The maximum atomic E-state index is 11.9. The molecule has 1 atom stereocenters. The Hall–Kier alpha value is -1.12. The zero-order valence-electron chi connectivity index (χ0n) is 14.9. The van der Waals surface area contributed by atoms with Crippen molar-refractivity contribution in [2.45, 2.75) is 45.0 Å². The number of rotatable bonds is 4. The topological polar surface area (TPSA) is 62.8 Å². The van der Waals surface area contributed by atoms with Crippen LogP contribution >= 0.6 is 11.6 Å². The summed E-state index contributed by atoms with van der Waals surface area (Å²) in [7, 11) is -1.84. The number of hydrogen-bond donors (Lipinski definition) is 2. The number of amides is 1. The van der Waals surface area contributed by atoms with Gasteiger partial charge in [-0.1, -0.05) is 37.5 Å².